The van der Waals surface area contributed by atoms with Crippen LogP contribution in [0.3, 0.4) is 0 Å². The second-order valence-electron chi connectivity index (χ2n) is 6.45. The predicted molar refractivity (Wildman–Crippen MR) is 117 cm³/mol. The Morgan fingerprint density at radius 1 is 1.09 bits per heavy atom. The van der Waals surface area contributed by atoms with Gasteiger partial charge in [-0.3, -0.25) is 15.1 Å². The Morgan fingerprint density at radius 2 is 1.76 bits per heavy atom. The fourth-order valence-electron chi connectivity index (χ4n) is 2.42. The minimum absolute atomic E-state index is 0.0692. The van der Waals surface area contributed by atoms with Crippen LogP contribution in [-0.4, -0.2) is 16.9 Å². The number of aromatic nitrogens is 1. The summed E-state index contributed by atoms with van der Waals surface area (Å²) in [5.74, 6) is 0.311. The molecule has 1 heterocycles. The summed E-state index contributed by atoms with van der Waals surface area (Å²) >= 11 is 11.6. The van der Waals surface area contributed by atoms with Crippen LogP contribution in [0.2, 0.25) is 10.0 Å². The molecule has 1 aromatic heterocycles. The van der Waals surface area contributed by atoms with E-state index < -0.39 is 17.8 Å². The number of amides is 1. The van der Waals surface area contributed by atoms with Gasteiger partial charge in [-0.25, -0.2) is 4.79 Å². The van der Waals surface area contributed by atoms with Gasteiger partial charge in [-0.05, 0) is 54.6 Å². The van der Waals surface area contributed by atoms with Crippen LogP contribution in [-0.2, 0) is 17.6 Å². The van der Waals surface area contributed by atoms with Crippen LogP contribution in [0.4, 0.5) is 23.7 Å². The molecule has 3 aromatic rings. The average Bonchev–Trinajstić information content (AvgIpc) is 2.78. The number of carbonyl (C=O) groups excluding carboxylic acids is 1. The van der Waals surface area contributed by atoms with Gasteiger partial charge in [0.25, 0.3) is 0 Å². The zero-order chi connectivity index (χ0) is 24.0. The van der Waals surface area contributed by atoms with Crippen LogP contribution >= 0.6 is 23.2 Å². The summed E-state index contributed by atoms with van der Waals surface area (Å²) in [5.41, 5.74) is 5.91. The molecular weight excluding hydrogens is 484 g/mol. The summed E-state index contributed by atoms with van der Waals surface area (Å²) in [6.45, 7) is -0.145. The Morgan fingerprint density at radius 3 is 2.36 bits per heavy atom. The highest BCUT2D eigenvalue weighted by Gasteiger charge is 2.31. The SMILES string of the molecule is N/C(=N\OC(=O)Nc1ccc(Cl)cc1)c1ccc(OCc2ncc(C(F)(F)F)cc2Cl)cc1. The summed E-state index contributed by atoms with van der Waals surface area (Å²) in [6.07, 6.45) is -4.69. The summed E-state index contributed by atoms with van der Waals surface area (Å²) in [5, 5.41) is 6.37. The van der Waals surface area contributed by atoms with E-state index in [0.29, 0.717) is 28.2 Å². The van der Waals surface area contributed by atoms with Crippen molar-refractivity contribution in [2.45, 2.75) is 12.8 Å². The van der Waals surface area contributed by atoms with E-state index in [1.54, 1.807) is 48.5 Å². The normalized spacial score (nSPS) is 11.7. The van der Waals surface area contributed by atoms with Crippen molar-refractivity contribution < 1.29 is 27.5 Å². The molecule has 7 nitrogen and oxygen atoms in total. The number of rotatable bonds is 6. The molecule has 0 bridgehead atoms. The van der Waals surface area contributed by atoms with E-state index in [9.17, 15) is 18.0 Å². The quantitative estimate of drug-likeness (QED) is 0.192. The number of nitrogens with zero attached hydrogens (tertiary/aromatic N) is 2. The second kappa shape index (κ2) is 10.4. The van der Waals surface area contributed by atoms with Crippen molar-refractivity contribution >= 4 is 40.8 Å². The van der Waals surface area contributed by atoms with E-state index in [2.05, 4.69) is 15.5 Å². The van der Waals surface area contributed by atoms with E-state index >= 15 is 0 Å². The number of benzene rings is 2. The van der Waals surface area contributed by atoms with Gasteiger partial charge in [-0.1, -0.05) is 28.4 Å². The fourth-order valence-corrected chi connectivity index (χ4v) is 2.77. The highest BCUT2D eigenvalue weighted by atomic mass is 35.5. The number of pyridine rings is 1. The molecule has 0 fully saturated rings. The largest absolute Gasteiger partial charge is 0.487 e. The minimum Gasteiger partial charge on any atom is -0.487 e. The number of halogens is 5. The third-order valence-electron chi connectivity index (χ3n) is 4.09. The number of anilines is 1. The van der Waals surface area contributed by atoms with E-state index in [1.165, 1.54) is 0 Å². The molecule has 172 valence electrons. The maximum Gasteiger partial charge on any atom is 0.437 e. The molecule has 0 aliphatic carbocycles. The van der Waals surface area contributed by atoms with E-state index in [1.807, 2.05) is 0 Å². The lowest BCUT2D eigenvalue weighted by Crippen LogP contribution is -2.17. The standard InChI is InChI=1S/C21H15Cl2F3N4O3/c22-14-3-5-15(6-4-14)29-20(31)33-30-19(27)12-1-7-16(8-2-12)32-11-18-17(23)9-13(10-28-18)21(24,25)26/h1-10H,11H2,(H2,27,30)(H,29,31). The molecule has 0 aliphatic heterocycles. The molecule has 0 atom stereocenters. The Balaban J connectivity index is 1.54. The Bertz CT molecular complexity index is 1150. The van der Waals surface area contributed by atoms with Gasteiger partial charge in [-0.2, -0.15) is 13.2 Å². The van der Waals surface area contributed by atoms with Gasteiger partial charge in [0.2, 0.25) is 0 Å². The Kier molecular flexibility index (Phi) is 7.62. The minimum atomic E-state index is -4.53. The van der Waals surface area contributed by atoms with Crippen molar-refractivity contribution in [3.8, 4) is 5.75 Å². The van der Waals surface area contributed by atoms with Crippen molar-refractivity contribution in [3.63, 3.8) is 0 Å². The van der Waals surface area contributed by atoms with Gasteiger partial charge in [-0.15, -0.1) is 0 Å². The predicted octanol–water partition coefficient (Wildman–Crippen LogP) is 5.86. The molecule has 0 saturated heterocycles. The van der Waals surface area contributed by atoms with Crippen molar-refractivity contribution in [2.75, 3.05) is 5.32 Å². The second-order valence-corrected chi connectivity index (χ2v) is 7.29. The molecule has 3 rings (SSSR count). The van der Waals surface area contributed by atoms with Crippen molar-refractivity contribution in [1.82, 2.24) is 4.98 Å². The van der Waals surface area contributed by atoms with Gasteiger partial charge in [0.05, 0.1) is 16.3 Å². The maximum absolute atomic E-state index is 12.7. The first-order valence-corrected chi connectivity index (χ1v) is 9.89. The monoisotopic (exact) mass is 498 g/mol. The van der Waals surface area contributed by atoms with Gasteiger partial charge in [0.1, 0.15) is 12.4 Å². The number of amidine groups is 1. The van der Waals surface area contributed by atoms with Crippen LogP contribution in [0.1, 0.15) is 16.8 Å². The number of nitrogens with two attached hydrogens (primary N) is 1. The molecule has 0 aliphatic rings. The van der Waals surface area contributed by atoms with Crippen molar-refractivity contribution in [1.29, 1.82) is 0 Å². The van der Waals surface area contributed by atoms with Crippen LogP contribution < -0.4 is 15.8 Å². The fraction of sp³-hybridized carbons (Fsp3) is 0.0952. The average molecular weight is 499 g/mol. The molecule has 12 heteroatoms. The summed E-state index contributed by atoms with van der Waals surface area (Å²) in [7, 11) is 0. The smallest absolute Gasteiger partial charge is 0.437 e. The number of hydrogen-bond acceptors (Lipinski definition) is 5. The van der Waals surface area contributed by atoms with Crippen LogP contribution in [0.15, 0.2) is 65.9 Å². The number of alkyl halides is 3. The van der Waals surface area contributed by atoms with Crippen molar-refractivity contribution in [2.24, 2.45) is 10.9 Å². The molecule has 2 aromatic carbocycles. The topological polar surface area (TPSA) is 98.8 Å². The summed E-state index contributed by atoms with van der Waals surface area (Å²) < 4.78 is 43.5. The van der Waals surface area contributed by atoms with Crippen LogP contribution in [0, 0.1) is 0 Å². The third kappa shape index (κ3) is 6.99. The summed E-state index contributed by atoms with van der Waals surface area (Å²) in [6, 6.07) is 13.3. The molecule has 0 unspecified atom stereocenters. The molecule has 0 saturated carbocycles. The lowest BCUT2D eigenvalue weighted by molar-refractivity contribution is -0.137. The lowest BCUT2D eigenvalue weighted by atomic mass is 10.2. The zero-order valence-corrected chi connectivity index (χ0v) is 18.1. The number of hydrogen-bond donors (Lipinski definition) is 2. The highest BCUT2D eigenvalue weighted by Crippen LogP contribution is 2.31. The lowest BCUT2D eigenvalue weighted by Gasteiger charge is -2.10. The van der Waals surface area contributed by atoms with Crippen LogP contribution in [0.25, 0.3) is 0 Å². The third-order valence-corrected chi connectivity index (χ3v) is 4.67. The van der Waals surface area contributed by atoms with E-state index in [4.69, 9.17) is 38.5 Å². The molecule has 3 N–H and O–H groups in total. The van der Waals surface area contributed by atoms with E-state index in [0.717, 1.165) is 6.07 Å². The molecule has 0 radical (unpaired) electrons. The first kappa shape index (κ1) is 24.1. The highest BCUT2D eigenvalue weighted by molar-refractivity contribution is 6.31. The molecule has 1 amide bonds. The Hall–Kier alpha value is -3.50. The number of carbonyl (C=O) groups is 1. The molecular formula is C21H15Cl2F3N4O3. The maximum atomic E-state index is 12.7. The van der Waals surface area contributed by atoms with Gasteiger partial charge in [0, 0.05) is 22.5 Å². The van der Waals surface area contributed by atoms with Gasteiger partial charge < -0.3 is 10.5 Å². The number of oxime groups is 1. The van der Waals surface area contributed by atoms with Gasteiger partial charge in [0.15, 0.2) is 5.84 Å². The van der Waals surface area contributed by atoms with E-state index in [-0.39, 0.29) is 23.2 Å². The molecule has 0 spiro atoms. The molecule has 33 heavy (non-hydrogen) atoms. The first-order valence-electron chi connectivity index (χ1n) is 9.13. The summed E-state index contributed by atoms with van der Waals surface area (Å²) in [4.78, 5) is 20.2. The zero-order valence-electron chi connectivity index (χ0n) is 16.6. The van der Waals surface area contributed by atoms with Crippen LogP contribution in [0.5, 0.6) is 5.75 Å². The number of ether oxygens (including phenoxy) is 1. The van der Waals surface area contributed by atoms with Gasteiger partial charge >= 0.3 is 12.3 Å². The van der Waals surface area contributed by atoms with Crippen molar-refractivity contribution in [3.05, 3.63) is 87.7 Å². The Labute approximate surface area is 195 Å². The first-order chi connectivity index (χ1) is 15.6. The number of nitrogens with one attached hydrogen (secondary N) is 1.